The van der Waals surface area contributed by atoms with Gasteiger partial charge in [0.05, 0.1) is 79.3 Å². The van der Waals surface area contributed by atoms with Crippen molar-refractivity contribution in [1.29, 1.82) is 0 Å². The lowest BCUT2D eigenvalue weighted by Crippen LogP contribution is -2.15. The minimum absolute atomic E-state index is 0.0697. The molecule has 0 amide bonds. The van der Waals surface area contributed by atoms with Gasteiger partial charge in [0.1, 0.15) is 6.61 Å². The van der Waals surface area contributed by atoms with Gasteiger partial charge in [0.15, 0.2) is 0 Å². The first-order chi connectivity index (χ1) is 15.2. The third-order valence-corrected chi connectivity index (χ3v) is 4.03. The van der Waals surface area contributed by atoms with Crippen molar-refractivity contribution < 1.29 is 47.9 Å². The maximum Gasteiger partial charge on any atom is 0.305 e. The van der Waals surface area contributed by atoms with Gasteiger partial charge in [0, 0.05) is 17.3 Å². The number of rotatable bonds is 25. The van der Waals surface area contributed by atoms with Crippen molar-refractivity contribution in [1.82, 2.24) is 0 Å². The number of hydrogen-bond donors (Lipinski definition) is 1. The standard InChI is InChI=1S/C20H37IO10/c21-5-6-25-7-8-26-9-10-27-11-12-28-13-14-29-15-16-30-17-18-31-20(24)4-2-1-3-19(22)23/h1-18H2,(H,22,23). The van der Waals surface area contributed by atoms with E-state index in [-0.39, 0.29) is 25.4 Å². The Morgan fingerprint density at radius 2 is 0.903 bits per heavy atom. The fourth-order valence-electron chi connectivity index (χ4n) is 2.09. The molecule has 0 bridgehead atoms. The molecule has 0 atom stereocenters. The van der Waals surface area contributed by atoms with Crippen LogP contribution in [0.2, 0.25) is 0 Å². The Labute approximate surface area is 198 Å². The van der Waals surface area contributed by atoms with Crippen LogP contribution >= 0.6 is 22.6 Å². The zero-order valence-corrected chi connectivity index (χ0v) is 20.4. The molecule has 0 unspecified atom stereocenters. The number of unbranched alkanes of at least 4 members (excludes halogenated alkanes) is 1. The van der Waals surface area contributed by atoms with E-state index in [0.717, 1.165) is 11.0 Å². The molecule has 31 heavy (non-hydrogen) atoms. The number of esters is 1. The molecule has 1 N–H and O–H groups in total. The summed E-state index contributed by atoms with van der Waals surface area (Å²) >= 11 is 2.26. The Hall–Kier alpha value is -0.570. The van der Waals surface area contributed by atoms with Crippen molar-refractivity contribution >= 4 is 34.5 Å². The SMILES string of the molecule is O=C(O)CCCCC(=O)OCCOCCOCCOCCOCCOCCOCCI. The molecule has 0 rings (SSSR count). The zero-order chi connectivity index (χ0) is 22.8. The van der Waals surface area contributed by atoms with Crippen molar-refractivity contribution in [2.24, 2.45) is 0 Å². The van der Waals surface area contributed by atoms with E-state index in [4.69, 9.17) is 38.3 Å². The lowest BCUT2D eigenvalue weighted by atomic mass is 10.2. The van der Waals surface area contributed by atoms with Gasteiger partial charge >= 0.3 is 11.9 Å². The van der Waals surface area contributed by atoms with Crippen LogP contribution in [-0.2, 0) is 42.7 Å². The maximum absolute atomic E-state index is 11.4. The van der Waals surface area contributed by atoms with Crippen molar-refractivity contribution in [3.63, 3.8) is 0 Å². The van der Waals surface area contributed by atoms with Crippen molar-refractivity contribution in [2.45, 2.75) is 25.7 Å². The molecular formula is C20H37IO10. The summed E-state index contributed by atoms with van der Waals surface area (Å²) in [7, 11) is 0. The van der Waals surface area contributed by atoms with Crippen molar-refractivity contribution in [3.05, 3.63) is 0 Å². The van der Waals surface area contributed by atoms with E-state index in [1.807, 2.05) is 0 Å². The van der Waals surface area contributed by atoms with E-state index in [1.165, 1.54) is 0 Å². The number of carbonyl (C=O) groups excluding carboxylic acids is 1. The second-order valence-corrected chi connectivity index (χ2v) is 7.26. The topological polar surface area (TPSA) is 119 Å². The third kappa shape index (κ3) is 27.4. The first-order valence-corrected chi connectivity index (χ1v) is 12.1. The minimum atomic E-state index is -0.856. The largest absolute Gasteiger partial charge is 0.481 e. The number of carboxylic acids is 1. The highest BCUT2D eigenvalue weighted by Gasteiger charge is 2.04. The fourth-order valence-corrected chi connectivity index (χ4v) is 2.40. The molecule has 184 valence electrons. The van der Waals surface area contributed by atoms with Crippen LogP contribution < -0.4 is 0 Å². The van der Waals surface area contributed by atoms with Gasteiger partial charge in [-0.15, -0.1) is 0 Å². The quantitative estimate of drug-likeness (QED) is 0.0760. The number of aliphatic carboxylic acids is 1. The molecule has 0 aliphatic heterocycles. The van der Waals surface area contributed by atoms with E-state index in [2.05, 4.69) is 22.6 Å². The number of alkyl halides is 1. The second-order valence-electron chi connectivity index (χ2n) is 6.18. The first kappa shape index (κ1) is 30.4. The van der Waals surface area contributed by atoms with Gasteiger partial charge in [-0.25, -0.2) is 0 Å². The minimum Gasteiger partial charge on any atom is -0.481 e. The van der Waals surface area contributed by atoms with E-state index < -0.39 is 5.97 Å². The van der Waals surface area contributed by atoms with Crippen LogP contribution in [0.3, 0.4) is 0 Å². The van der Waals surface area contributed by atoms with Crippen LogP contribution in [0.4, 0.5) is 0 Å². The molecule has 10 nitrogen and oxygen atoms in total. The van der Waals surface area contributed by atoms with Crippen LogP contribution in [0, 0.1) is 0 Å². The Balaban J connectivity index is 3.10. The summed E-state index contributed by atoms with van der Waals surface area (Å²) in [6, 6.07) is 0. The molecule has 0 aliphatic carbocycles. The van der Waals surface area contributed by atoms with Gasteiger partial charge in [-0.1, -0.05) is 22.6 Å². The predicted octanol–water partition coefficient (Wildman–Crippen LogP) is 1.71. The Kier molecular flexibility index (Phi) is 25.2. The molecule has 0 radical (unpaired) electrons. The highest BCUT2D eigenvalue weighted by Crippen LogP contribution is 2.01. The number of ether oxygens (including phenoxy) is 7. The van der Waals surface area contributed by atoms with Crippen LogP contribution in [0.15, 0.2) is 0 Å². The van der Waals surface area contributed by atoms with E-state index in [1.54, 1.807) is 0 Å². The molecule has 0 fully saturated rings. The molecule has 0 heterocycles. The van der Waals surface area contributed by atoms with Gasteiger partial charge in [0.2, 0.25) is 0 Å². The van der Waals surface area contributed by atoms with E-state index >= 15 is 0 Å². The summed E-state index contributed by atoms with van der Waals surface area (Å²) in [4.78, 5) is 21.7. The Morgan fingerprint density at radius 3 is 1.29 bits per heavy atom. The van der Waals surface area contributed by atoms with Gasteiger partial charge in [-0.2, -0.15) is 0 Å². The maximum atomic E-state index is 11.4. The third-order valence-electron chi connectivity index (χ3n) is 3.59. The van der Waals surface area contributed by atoms with Gasteiger partial charge in [-0.05, 0) is 12.8 Å². The zero-order valence-electron chi connectivity index (χ0n) is 18.2. The predicted molar refractivity (Wildman–Crippen MR) is 121 cm³/mol. The van der Waals surface area contributed by atoms with Crippen LogP contribution in [0.5, 0.6) is 0 Å². The fraction of sp³-hybridized carbons (Fsp3) is 0.900. The normalized spacial score (nSPS) is 11.0. The summed E-state index contributed by atoms with van der Waals surface area (Å²) < 4.78 is 38.1. The lowest BCUT2D eigenvalue weighted by molar-refractivity contribution is -0.146. The molecule has 0 saturated carbocycles. The van der Waals surface area contributed by atoms with E-state index in [9.17, 15) is 9.59 Å². The van der Waals surface area contributed by atoms with Crippen LogP contribution in [0.1, 0.15) is 25.7 Å². The molecule has 0 aliphatic rings. The average molecular weight is 564 g/mol. The number of halogens is 1. The molecule has 0 spiro atoms. The molecule has 0 aromatic heterocycles. The molecule has 0 aromatic rings. The number of carbonyl (C=O) groups is 2. The van der Waals surface area contributed by atoms with Crippen LogP contribution in [-0.4, -0.2) is 107 Å². The molecule has 11 heteroatoms. The molecular weight excluding hydrogens is 527 g/mol. The van der Waals surface area contributed by atoms with Crippen molar-refractivity contribution in [2.75, 3.05) is 90.3 Å². The van der Waals surface area contributed by atoms with E-state index in [0.29, 0.717) is 85.5 Å². The number of hydrogen-bond acceptors (Lipinski definition) is 9. The van der Waals surface area contributed by atoms with Gasteiger partial charge in [0.25, 0.3) is 0 Å². The summed E-state index contributed by atoms with van der Waals surface area (Å²) in [6.45, 7) is 6.30. The smallest absolute Gasteiger partial charge is 0.305 e. The summed E-state index contributed by atoms with van der Waals surface area (Å²) in [5, 5.41) is 8.50. The van der Waals surface area contributed by atoms with Gasteiger partial charge in [-0.3, -0.25) is 9.59 Å². The first-order valence-electron chi connectivity index (χ1n) is 10.6. The second kappa shape index (κ2) is 25.7. The number of carboxylic acid groups (broad SMARTS) is 1. The highest BCUT2D eigenvalue weighted by molar-refractivity contribution is 14.1. The Morgan fingerprint density at radius 1 is 0.548 bits per heavy atom. The summed E-state index contributed by atoms with van der Waals surface area (Å²) in [5.41, 5.74) is 0. The summed E-state index contributed by atoms with van der Waals surface area (Å²) in [6.07, 6.45) is 1.28. The van der Waals surface area contributed by atoms with Gasteiger partial charge < -0.3 is 38.3 Å². The lowest BCUT2D eigenvalue weighted by Gasteiger charge is -2.08. The molecule has 0 saturated heterocycles. The Bertz CT molecular complexity index is 411. The van der Waals surface area contributed by atoms with Crippen LogP contribution in [0.25, 0.3) is 0 Å². The van der Waals surface area contributed by atoms with Crippen molar-refractivity contribution in [3.8, 4) is 0 Å². The average Bonchev–Trinajstić information content (AvgIpc) is 2.75. The molecule has 0 aromatic carbocycles. The summed E-state index contributed by atoms with van der Waals surface area (Å²) in [5.74, 6) is -1.19. The highest BCUT2D eigenvalue weighted by atomic mass is 127. The monoisotopic (exact) mass is 564 g/mol.